The first-order valence-corrected chi connectivity index (χ1v) is 10.2. The van der Waals surface area contributed by atoms with Gasteiger partial charge in [-0.05, 0) is 18.9 Å². The number of hydrogen-bond donors (Lipinski definition) is 0. The van der Waals surface area contributed by atoms with Crippen LogP contribution in [0, 0.1) is 5.92 Å². The van der Waals surface area contributed by atoms with Gasteiger partial charge in [-0.25, -0.2) is 0 Å². The van der Waals surface area contributed by atoms with Crippen molar-refractivity contribution in [2.45, 2.75) is 46.0 Å². The second-order valence-corrected chi connectivity index (χ2v) is 8.51. The Morgan fingerprint density at radius 3 is 1.46 bits per heavy atom. The molecule has 0 aromatic rings. The van der Waals surface area contributed by atoms with Gasteiger partial charge in [-0.3, -0.25) is 4.90 Å². The zero-order valence-electron chi connectivity index (χ0n) is 16.0. The topological polar surface area (TPSA) is 130 Å². The average Bonchev–Trinajstić information content (AvgIpc) is 2.17. The second-order valence-electron chi connectivity index (χ2n) is 5.50. The van der Waals surface area contributed by atoms with Gasteiger partial charge in [-0.2, -0.15) is 0 Å². The molecule has 0 heterocycles. The molecule has 0 N–H and O–H groups in total. The molecule has 0 amide bonds. The molecular weight excluding hydrogens is 460 g/mol. The maximum atomic E-state index is 10.7. The third-order valence-electron chi connectivity index (χ3n) is 2.75. The van der Waals surface area contributed by atoms with Crippen molar-refractivity contribution in [3.05, 3.63) is 0 Å². The predicted octanol–water partition coefficient (Wildman–Crippen LogP) is -12.3. The van der Waals surface area contributed by atoms with E-state index < -0.39 is 27.8 Å². The van der Waals surface area contributed by atoms with Crippen molar-refractivity contribution in [1.29, 1.82) is 0 Å². The molecule has 0 spiro atoms. The minimum absolute atomic E-state index is 0. The van der Waals surface area contributed by atoms with Crippen molar-refractivity contribution < 1.29 is 234 Å². The third-order valence-corrected chi connectivity index (χ3v) is 4.25. The Morgan fingerprint density at radius 2 is 1.12 bits per heavy atom. The molecule has 0 bridgehead atoms. The Labute approximate surface area is 316 Å². The van der Waals surface area contributed by atoms with Crippen LogP contribution in [-0.4, -0.2) is 24.0 Å². The summed E-state index contributed by atoms with van der Waals surface area (Å²) in [7, 11) is -9.71. The summed E-state index contributed by atoms with van der Waals surface area (Å²) in [6, 6.07) is 0. The fourth-order valence-electron chi connectivity index (χ4n) is 1.92. The van der Waals surface area contributed by atoms with E-state index >= 15 is 0 Å². The molecule has 0 unspecified atom stereocenters. The maximum Gasteiger partial charge on any atom is 1.00 e. The van der Waals surface area contributed by atoms with Gasteiger partial charge in [-0.15, -0.1) is 0 Å². The number of unbranched alkanes of at least 4 members (excludes halogenated alkanes) is 3. The Kier molecular flexibility index (Phi) is 39.3. The molecule has 7 nitrogen and oxygen atoms in total. The summed E-state index contributed by atoms with van der Waals surface area (Å²) in [4.78, 5) is 43.6. The van der Waals surface area contributed by atoms with Gasteiger partial charge in [0.25, 0.3) is 0 Å². The van der Waals surface area contributed by atoms with Crippen LogP contribution in [0.25, 0.3) is 0 Å². The monoisotopic (exact) mass is 483 g/mol. The number of hydrogen-bond acceptors (Lipinski definition) is 7. The average molecular weight is 484 g/mol. The third kappa shape index (κ3) is 33.4. The first-order chi connectivity index (χ1) is 8.99. The van der Waals surface area contributed by atoms with Crippen LogP contribution in [0.5, 0.6) is 0 Å². The summed E-state index contributed by atoms with van der Waals surface area (Å²) < 4.78 is 21.3. The Morgan fingerprint density at radius 1 is 0.750 bits per heavy atom. The van der Waals surface area contributed by atoms with Crippen molar-refractivity contribution in [1.82, 2.24) is 4.90 Å². The quantitative estimate of drug-likeness (QED) is 0.162. The molecule has 0 saturated carbocycles. The SMILES string of the molecule is CC(C)CCCCCCN(CP(=O)([O-])[O-])CP(=O)([O-])[O-].[K+].[K+].[K+].[K+]. The van der Waals surface area contributed by atoms with Crippen molar-refractivity contribution in [2.24, 2.45) is 5.92 Å². The van der Waals surface area contributed by atoms with E-state index in [1.807, 2.05) is 0 Å². The van der Waals surface area contributed by atoms with E-state index in [1.54, 1.807) is 0 Å². The van der Waals surface area contributed by atoms with Gasteiger partial charge in [0.2, 0.25) is 0 Å². The van der Waals surface area contributed by atoms with Gasteiger partial charge in [0.05, 0.1) is 0 Å². The van der Waals surface area contributed by atoms with Crippen molar-refractivity contribution in [2.75, 3.05) is 19.1 Å². The zero-order chi connectivity index (χ0) is 15.8. The number of rotatable bonds is 11. The van der Waals surface area contributed by atoms with Crippen LogP contribution < -0.4 is 225 Å². The fourth-order valence-corrected chi connectivity index (χ4v) is 3.54. The molecular formula is C11H23K4NO6P2. The Bertz CT molecular complexity index is 342. The molecule has 122 valence electrons. The standard InChI is InChI=1S/C11H27NO6P2.4K/c1-11(2)7-5-3-4-6-8-12(9-19(13,14)15)10-20(16,17)18;;;;/h11H,3-10H2,1-2H3,(H2,13,14,15)(H2,16,17,18);;;;/q;4*+1/p-4. The van der Waals surface area contributed by atoms with E-state index in [2.05, 4.69) is 13.8 Å². The first-order valence-electron chi connectivity index (χ1n) is 6.74. The van der Waals surface area contributed by atoms with Crippen LogP contribution in [0.1, 0.15) is 46.0 Å². The molecule has 0 aliphatic heterocycles. The molecule has 0 rings (SSSR count). The van der Waals surface area contributed by atoms with Gasteiger partial charge in [0.1, 0.15) is 0 Å². The van der Waals surface area contributed by atoms with Crippen LogP contribution >= 0.6 is 15.2 Å². The van der Waals surface area contributed by atoms with Crippen LogP contribution in [0.3, 0.4) is 0 Å². The molecule has 0 aromatic heterocycles. The summed E-state index contributed by atoms with van der Waals surface area (Å²) in [5.41, 5.74) is 0. The van der Waals surface area contributed by atoms with Crippen molar-refractivity contribution in [3.63, 3.8) is 0 Å². The molecule has 0 radical (unpaired) electrons. The van der Waals surface area contributed by atoms with E-state index in [0.29, 0.717) is 12.3 Å². The summed E-state index contributed by atoms with van der Waals surface area (Å²) in [5.74, 6) is 0.630. The zero-order valence-corrected chi connectivity index (χ0v) is 30.3. The van der Waals surface area contributed by atoms with Crippen LogP contribution in [0.4, 0.5) is 0 Å². The van der Waals surface area contributed by atoms with E-state index in [0.717, 1.165) is 30.6 Å². The van der Waals surface area contributed by atoms with Crippen molar-refractivity contribution in [3.8, 4) is 0 Å². The van der Waals surface area contributed by atoms with Crippen LogP contribution in [-0.2, 0) is 9.13 Å². The maximum absolute atomic E-state index is 10.7. The normalized spacial score (nSPS) is 11.2. The summed E-state index contributed by atoms with van der Waals surface area (Å²) in [5, 5.41) is 0. The first kappa shape index (κ1) is 41.1. The molecule has 24 heavy (non-hydrogen) atoms. The molecule has 0 aromatic carbocycles. The van der Waals surface area contributed by atoms with E-state index in [1.165, 1.54) is 0 Å². The minimum Gasteiger partial charge on any atom is -0.810 e. The Hall–Kier alpha value is 6.81. The van der Waals surface area contributed by atoms with Gasteiger partial charge < -0.3 is 28.7 Å². The molecule has 0 aliphatic carbocycles. The smallest absolute Gasteiger partial charge is 0.810 e. The predicted molar refractivity (Wildman–Crippen MR) is 69.6 cm³/mol. The molecule has 13 heteroatoms. The van der Waals surface area contributed by atoms with Gasteiger partial charge >= 0.3 is 206 Å². The molecule has 0 aliphatic rings. The molecule has 0 saturated heterocycles. The van der Waals surface area contributed by atoms with Crippen molar-refractivity contribution >= 4 is 15.2 Å². The molecule has 0 fully saturated rings. The van der Waals surface area contributed by atoms with Gasteiger partial charge in [-0.1, -0.05) is 54.7 Å². The fraction of sp³-hybridized carbons (Fsp3) is 1.00. The van der Waals surface area contributed by atoms with E-state index in [4.69, 9.17) is 0 Å². The Balaban J connectivity index is -0.000000301. The molecule has 0 atom stereocenters. The summed E-state index contributed by atoms with van der Waals surface area (Å²) >= 11 is 0. The summed E-state index contributed by atoms with van der Waals surface area (Å²) in [6.07, 6.45) is 2.69. The van der Waals surface area contributed by atoms with Gasteiger partial charge in [0, 0.05) is 12.6 Å². The summed E-state index contributed by atoms with van der Waals surface area (Å²) in [6.45, 7) is 4.38. The second kappa shape index (κ2) is 23.0. The van der Waals surface area contributed by atoms with Crippen LogP contribution in [0.15, 0.2) is 0 Å². The van der Waals surface area contributed by atoms with Gasteiger partial charge in [0.15, 0.2) is 0 Å². The van der Waals surface area contributed by atoms with E-state index in [-0.39, 0.29) is 212 Å². The largest absolute Gasteiger partial charge is 1.00 e. The number of nitrogens with zero attached hydrogens (tertiary/aromatic N) is 1. The minimum atomic E-state index is -4.86. The van der Waals surface area contributed by atoms with Crippen LogP contribution in [0.2, 0.25) is 0 Å². The van der Waals surface area contributed by atoms with E-state index in [9.17, 15) is 28.7 Å².